The minimum Gasteiger partial charge on any atom is -0.302 e. The summed E-state index contributed by atoms with van der Waals surface area (Å²) in [5.41, 5.74) is 5.14. The van der Waals surface area contributed by atoms with E-state index >= 15 is 0 Å². The predicted octanol–water partition coefficient (Wildman–Crippen LogP) is 4.06. The molecule has 0 spiro atoms. The van der Waals surface area contributed by atoms with Gasteiger partial charge < -0.3 is 5.32 Å². The molecule has 1 saturated heterocycles. The fourth-order valence-corrected chi connectivity index (χ4v) is 3.91. The van der Waals surface area contributed by atoms with Gasteiger partial charge in [-0.25, -0.2) is 4.98 Å². The molecule has 4 nitrogen and oxygen atoms in total. The Bertz CT molecular complexity index is 710. The molecule has 1 fully saturated rings. The lowest BCUT2D eigenvalue weighted by Gasteiger charge is -2.24. The molecule has 1 amide bonds. The van der Waals surface area contributed by atoms with Crippen LogP contribution in [0.4, 0.5) is 5.13 Å². The van der Waals surface area contributed by atoms with Gasteiger partial charge in [0.1, 0.15) is 0 Å². The van der Waals surface area contributed by atoms with Crippen LogP contribution in [-0.4, -0.2) is 22.3 Å². The summed E-state index contributed by atoms with van der Waals surface area (Å²) in [5.74, 6) is -0.0694. The number of likely N-dealkylation sites (tertiary alicyclic amines) is 1. The minimum absolute atomic E-state index is 0.0694. The van der Waals surface area contributed by atoms with Crippen LogP contribution in [-0.2, 0) is 11.3 Å². The lowest BCUT2D eigenvalue weighted by atomic mass is 9.99. The Hall–Kier alpha value is -1.72. The van der Waals surface area contributed by atoms with Crippen molar-refractivity contribution in [3.63, 3.8) is 0 Å². The quantitative estimate of drug-likeness (QED) is 0.920. The molecule has 23 heavy (non-hydrogen) atoms. The maximum Gasteiger partial charge on any atom is 0.223 e. The van der Waals surface area contributed by atoms with Crippen molar-refractivity contribution in [1.82, 2.24) is 9.88 Å². The highest BCUT2D eigenvalue weighted by Gasteiger charge is 2.26. The molecule has 1 aromatic carbocycles. The first-order valence-electron chi connectivity index (χ1n) is 8.06. The number of hydrogen-bond donors (Lipinski definition) is 1. The van der Waals surface area contributed by atoms with E-state index in [4.69, 9.17) is 0 Å². The molecule has 2 heterocycles. The Morgan fingerprint density at radius 3 is 2.96 bits per heavy atom. The molecule has 0 bridgehead atoms. The van der Waals surface area contributed by atoms with Gasteiger partial charge in [-0.3, -0.25) is 9.69 Å². The molecule has 1 aliphatic rings. The average Bonchev–Trinajstić information content (AvgIpc) is 3.11. The van der Waals surface area contributed by atoms with Gasteiger partial charge in [0, 0.05) is 24.9 Å². The second kappa shape index (κ2) is 6.81. The van der Waals surface area contributed by atoms with Crippen LogP contribution >= 0.6 is 11.3 Å². The number of nitrogens with zero attached hydrogens (tertiary/aromatic N) is 2. The van der Waals surface area contributed by atoms with Crippen molar-refractivity contribution in [3.05, 3.63) is 46.0 Å². The van der Waals surface area contributed by atoms with Crippen molar-refractivity contribution in [2.45, 2.75) is 46.2 Å². The maximum absolute atomic E-state index is 11.1. The molecule has 0 radical (unpaired) electrons. The van der Waals surface area contributed by atoms with Gasteiger partial charge in [0.15, 0.2) is 5.13 Å². The first kappa shape index (κ1) is 16.1. The van der Waals surface area contributed by atoms with Crippen LogP contribution in [0.5, 0.6) is 0 Å². The molecule has 1 N–H and O–H groups in total. The van der Waals surface area contributed by atoms with Gasteiger partial charge in [-0.2, -0.15) is 0 Å². The van der Waals surface area contributed by atoms with Gasteiger partial charge in [-0.1, -0.05) is 18.2 Å². The third kappa shape index (κ3) is 3.79. The largest absolute Gasteiger partial charge is 0.302 e. The molecule has 0 unspecified atom stereocenters. The highest BCUT2D eigenvalue weighted by atomic mass is 32.1. The van der Waals surface area contributed by atoms with E-state index in [9.17, 15) is 4.79 Å². The van der Waals surface area contributed by atoms with Crippen molar-refractivity contribution >= 4 is 22.4 Å². The summed E-state index contributed by atoms with van der Waals surface area (Å²) in [6.07, 6.45) is 2.42. The van der Waals surface area contributed by atoms with Gasteiger partial charge in [0.2, 0.25) is 5.91 Å². The maximum atomic E-state index is 11.1. The number of amides is 1. The second-order valence-corrected chi connectivity index (χ2v) is 7.16. The van der Waals surface area contributed by atoms with E-state index in [0.29, 0.717) is 11.2 Å². The second-order valence-electron chi connectivity index (χ2n) is 6.30. The Morgan fingerprint density at radius 1 is 1.39 bits per heavy atom. The minimum atomic E-state index is -0.0694. The average molecular weight is 329 g/mol. The van der Waals surface area contributed by atoms with E-state index in [-0.39, 0.29) is 5.91 Å². The molecule has 0 aliphatic carbocycles. The van der Waals surface area contributed by atoms with E-state index in [0.717, 1.165) is 18.8 Å². The van der Waals surface area contributed by atoms with Crippen molar-refractivity contribution in [1.29, 1.82) is 0 Å². The molecular formula is C18H23N3OS. The highest BCUT2D eigenvalue weighted by molar-refractivity contribution is 7.13. The molecule has 0 saturated carbocycles. The fourth-order valence-electron chi connectivity index (χ4n) is 3.16. The summed E-state index contributed by atoms with van der Waals surface area (Å²) < 4.78 is 0. The molecule has 3 rings (SSSR count). The van der Waals surface area contributed by atoms with Gasteiger partial charge >= 0.3 is 0 Å². The third-order valence-electron chi connectivity index (χ3n) is 4.48. The van der Waals surface area contributed by atoms with E-state index in [2.05, 4.69) is 47.2 Å². The van der Waals surface area contributed by atoms with E-state index in [1.165, 1.54) is 47.8 Å². The van der Waals surface area contributed by atoms with Crippen molar-refractivity contribution in [2.24, 2.45) is 0 Å². The van der Waals surface area contributed by atoms with Crippen LogP contribution in [0.25, 0.3) is 0 Å². The summed E-state index contributed by atoms with van der Waals surface area (Å²) in [6, 6.07) is 7.27. The summed E-state index contributed by atoms with van der Waals surface area (Å²) in [7, 11) is 0. The number of anilines is 1. The lowest BCUT2D eigenvalue weighted by molar-refractivity contribution is -0.114. The highest BCUT2D eigenvalue weighted by Crippen LogP contribution is 2.34. The SMILES string of the molecule is CC(=O)Nc1nc(CN2CCC[C@H]2c2ccc(C)c(C)c2)cs1. The summed E-state index contributed by atoms with van der Waals surface area (Å²) in [4.78, 5) is 18.1. The number of benzene rings is 1. The van der Waals surface area contributed by atoms with Crippen LogP contribution in [0.1, 0.15) is 48.2 Å². The normalized spacial score (nSPS) is 18.3. The van der Waals surface area contributed by atoms with Gasteiger partial charge in [-0.15, -0.1) is 11.3 Å². The van der Waals surface area contributed by atoms with Gasteiger partial charge in [0.25, 0.3) is 0 Å². The number of rotatable bonds is 4. The number of carbonyl (C=O) groups is 1. The number of hydrogen-bond acceptors (Lipinski definition) is 4. The molecule has 122 valence electrons. The predicted molar refractivity (Wildman–Crippen MR) is 94.7 cm³/mol. The van der Waals surface area contributed by atoms with Crippen LogP contribution in [0.2, 0.25) is 0 Å². The van der Waals surface area contributed by atoms with Crippen molar-refractivity contribution in [2.75, 3.05) is 11.9 Å². The zero-order valence-corrected chi connectivity index (χ0v) is 14.7. The van der Waals surface area contributed by atoms with Crippen LogP contribution in [0.15, 0.2) is 23.6 Å². The topological polar surface area (TPSA) is 45.2 Å². The van der Waals surface area contributed by atoms with Crippen LogP contribution in [0.3, 0.4) is 0 Å². The van der Waals surface area contributed by atoms with Crippen LogP contribution in [0, 0.1) is 13.8 Å². The summed E-state index contributed by atoms with van der Waals surface area (Å²) in [6.45, 7) is 7.79. The van der Waals surface area contributed by atoms with E-state index < -0.39 is 0 Å². The fraction of sp³-hybridized carbons (Fsp3) is 0.444. The molecule has 1 atom stereocenters. The summed E-state index contributed by atoms with van der Waals surface area (Å²) in [5, 5.41) is 5.49. The Balaban J connectivity index is 1.72. The standard InChI is InChI=1S/C18H23N3OS/c1-12-6-7-15(9-13(12)2)17-5-4-8-21(17)10-16-11-23-18(20-16)19-14(3)22/h6-7,9,11,17H,4-5,8,10H2,1-3H3,(H,19,20,22)/t17-/m0/s1. The van der Waals surface area contributed by atoms with E-state index in [1.807, 2.05) is 5.38 Å². The number of nitrogens with one attached hydrogen (secondary N) is 1. The zero-order valence-electron chi connectivity index (χ0n) is 13.9. The van der Waals surface area contributed by atoms with Crippen molar-refractivity contribution < 1.29 is 4.79 Å². The molecule has 1 aromatic heterocycles. The smallest absolute Gasteiger partial charge is 0.223 e. The number of aryl methyl sites for hydroxylation is 2. The molecule has 1 aliphatic heterocycles. The third-order valence-corrected chi connectivity index (χ3v) is 5.29. The number of carbonyl (C=O) groups excluding carboxylic acids is 1. The first-order chi connectivity index (χ1) is 11.0. The van der Waals surface area contributed by atoms with Crippen molar-refractivity contribution in [3.8, 4) is 0 Å². The summed E-state index contributed by atoms with van der Waals surface area (Å²) >= 11 is 1.49. The molecule has 2 aromatic rings. The Morgan fingerprint density at radius 2 is 2.22 bits per heavy atom. The van der Waals surface area contributed by atoms with Gasteiger partial charge in [-0.05, 0) is 49.9 Å². The van der Waals surface area contributed by atoms with Crippen LogP contribution < -0.4 is 5.32 Å². The Kier molecular flexibility index (Phi) is 4.78. The zero-order chi connectivity index (χ0) is 16.4. The Labute approximate surface area is 141 Å². The lowest BCUT2D eigenvalue weighted by Crippen LogP contribution is -2.23. The number of aromatic nitrogens is 1. The monoisotopic (exact) mass is 329 g/mol. The number of thiazole rings is 1. The molecule has 5 heteroatoms. The first-order valence-corrected chi connectivity index (χ1v) is 8.94. The van der Waals surface area contributed by atoms with Gasteiger partial charge in [0.05, 0.1) is 5.69 Å². The molecular weight excluding hydrogens is 306 g/mol. The van der Waals surface area contributed by atoms with E-state index in [1.54, 1.807) is 0 Å².